The van der Waals surface area contributed by atoms with Crippen molar-refractivity contribution in [2.24, 2.45) is 21.6 Å². The summed E-state index contributed by atoms with van der Waals surface area (Å²) in [6.07, 6.45) is 3.02. The first-order valence-corrected chi connectivity index (χ1v) is 13.0. The molecule has 0 saturated heterocycles. The number of rotatable bonds is 11. The number of aryl methyl sites for hydroxylation is 3. The Morgan fingerprint density at radius 3 is 2.28 bits per heavy atom. The molecule has 0 unspecified atom stereocenters. The number of hydrogen-bond acceptors (Lipinski definition) is 7. The fourth-order valence-electron chi connectivity index (χ4n) is 4.02. The number of hydrogen-bond donors (Lipinski definition) is 5. The number of carbonyl (C=O) groups is 1. The fourth-order valence-corrected chi connectivity index (χ4v) is 4.02. The monoisotopic (exact) mass is 528 g/mol. The molecule has 2 aromatic rings. The van der Waals surface area contributed by atoms with Crippen LogP contribution in [0.2, 0.25) is 0 Å². The number of allylic oxidation sites excluding steroid dienone is 2. The number of carbonyl (C=O) groups excluding carboxylic acids is 1. The van der Waals surface area contributed by atoms with Gasteiger partial charge in [0.05, 0.1) is 36.1 Å². The van der Waals surface area contributed by atoms with Gasteiger partial charge in [0.1, 0.15) is 5.84 Å². The van der Waals surface area contributed by atoms with Crippen LogP contribution in [0.5, 0.6) is 0 Å². The molecule has 1 amide bonds. The minimum atomic E-state index is -0.272. The SMILES string of the molecule is CCC(C=NC(C)=Nc1cc(C)cc(C)c1)=C(N)CN/C(CC)=C(\C#N)CNC(=O)c1ccc(NN)c(C)c1. The molecule has 0 aliphatic heterocycles. The Hall–Kier alpha value is -4.42. The number of anilines is 1. The second-order valence-electron chi connectivity index (χ2n) is 9.30. The van der Waals surface area contributed by atoms with Crippen molar-refractivity contribution < 1.29 is 4.79 Å². The highest BCUT2D eigenvalue weighted by Crippen LogP contribution is 2.18. The molecule has 9 nitrogen and oxygen atoms in total. The van der Waals surface area contributed by atoms with Crippen molar-refractivity contribution in [2.75, 3.05) is 18.5 Å². The molecule has 2 aromatic carbocycles. The van der Waals surface area contributed by atoms with E-state index in [-0.39, 0.29) is 12.5 Å². The van der Waals surface area contributed by atoms with Crippen molar-refractivity contribution in [3.05, 3.63) is 81.2 Å². The van der Waals surface area contributed by atoms with Crippen LogP contribution in [-0.2, 0) is 0 Å². The largest absolute Gasteiger partial charge is 0.400 e. The van der Waals surface area contributed by atoms with Gasteiger partial charge in [-0.15, -0.1) is 0 Å². The van der Waals surface area contributed by atoms with Crippen LogP contribution < -0.4 is 27.6 Å². The van der Waals surface area contributed by atoms with Crippen LogP contribution in [0.4, 0.5) is 11.4 Å². The minimum Gasteiger partial charge on any atom is -0.400 e. The summed E-state index contributed by atoms with van der Waals surface area (Å²) in [5.74, 6) is 5.82. The number of benzene rings is 2. The van der Waals surface area contributed by atoms with Gasteiger partial charge in [-0.3, -0.25) is 10.6 Å². The van der Waals surface area contributed by atoms with Gasteiger partial charge in [0.2, 0.25) is 0 Å². The lowest BCUT2D eigenvalue weighted by molar-refractivity contribution is 0.0957. The van der Waals surface area contributed by atoms with Gasteiger partial charge in [0, 0.05) is 23.2 Å². The van der Waals surface area contributed by atoms with Crippen LogP contribution >= 0.6 is 0 Å². The van der Waals surface area contributed by atoms with E-state index in [0.29, 0.717) is 42.1 Å². The van der Waals surface area contributed by atoms with Crippen LogP contribution in [0.25, 0.3) is 0 Å². The Bertz CT molecular complexity index is 1320. The van der Waals surface area contributed by atoms with Crippen molar-refractivity contribution in [2.45, 2.75) is 54.4 Å². The number of amides is 1. The smallest absolute Gasteiger partial charge is 0.251 e. The molecular weight excluding hydrogens is 488 g/mol. The second kappa shape index (κ2) is 15.1. The zero-order chi connectivity index (χ0) is 28.9. The summed E-state index contributed by atoms with van der Waals surface area (Å²) in [4.78, 5) is 21.7. The Morgan fingerprint density at radius 2 is 1.72 bits per heavy atom. The number of nitrogen functional groups attached to an aromatic ring is 1. The maximum absolute atomic E-state index is 12.6. The molecule has 206 valence electrons. The third-order valence-corrected chi connectivity index (χ3v) is 6.11. The molecule has 2 rings (SSSR count). The molecule has 0 heterocycles. The number of nitrogens with two attached hydrogens (primary N) is 2. The van der Waals surface area contributed by atoms with E-state index in [1.165, 1.54) is 0 Å². The van der Waals surface area contributed by atoms with E-state index in [1.807, 2.05) is 53.7 Å². The van der Waals surface area contributed by atoms with Crippen LogP contribution in [-0.4, -0.2) is 31.0 Å². The Kier molecular flexibility index (Phi) is 11.9. The normalized spacial score (nSPS) is 12.9. The maximum atomic E-state index is 12.6. The lowest BCUT2D eigenvalue weighted by Gasteiger charge is -2.14. The van der Waals surface area contributed by atoms with Gasteiger partial charge < -0.3 is 21.8 Å². The highest BCUT2D eigenvalue weighted by molar-refractivity contribution is 5.95. The molecule has 7 N–H and O–H groups in total. The summed E-state index contributed by atoms with van der Waals surface area (Å²) in [5.41, 5.74) is 16.9. The summed E-state index contributed by atoms with van der Waals surface area (Å²) in [5, 5.41) is 15.8. The third kappa shape index (κ3) is 9.43. The summed E-state index contributed by atoms with van der Waals surface area (Å²) < 4.78 is 0. The maximum Gasteiger partial charge on any atom is 0.251 e. The topological polar surface area (TPSA) is 154 Å². The summed E-state index contributed by atoms with van der Waals surface area (Å²) in [6, 6.07) is 13.5. The Labute approximate surface area is 231 Å². The van der Waals surface area contributed by atoms with Gasteiger partial charge in [0.25, 0.3) is 5.91 Å². The van der Waals surface area contributed by atoms with Gasteiger partial charge in [-0.05, 0) is 93.1 Å². The van der Waals surface area contributed by atoms with Gasteiger partial charge in [-0.1, -0.05) is 19.9 Å². The van der Waals surface area contributed by atoms with E-state index in [1.54, 1.807) is 24.4 Å². The van der Waals surface area contributed by atoms with Crippen molar-refractivity contribution in [1.29, 1.82) is 5.26 Å². The van der Waals surface area contributed by atoms with Crippen LogP contribution in [0.15, 0.2) is 68.9 Å². The highest BCUT2D eigenvalue weighted by atomic mass is 16.1. The predicted molar refractivity (Wildman–Crippen MR) is 161 cm³/mol. The first-order valence-electron chi connectivity index (χ1n) is 13.0. The van der Waals surface area contributed by atoms with E-state index in [9.17, 15) is 10.1 Å². The first kappa shape index (κ1) is 30.8. The lowest BCUT2D eigenvalue weighted by Crippen LogP contribution is -2.29. The second-order valence-corrected chi connectivity index (χ2v) is 9.30. The molecule has 0 bridgehead atoms. The zero-order valence-corrected chi connectivity index (χ0v) is 23.8. The molecule has 0 fully saturated rings. The Balaban J connectivity index is 2.10. The van der Waals surface area contributed by atoms with Crippen molar-refractivity contribution in [1.82, 2.24) is 10.6 Å². The predicted octanol–water partition coefficient (Wildman–Crippen LogP) is 4.85. The Morgan fingerprint density at radius 1 is 1.03 bits per heavy atom. The average molecular weight is 529 g/mol. The van der Waals surface area contributed by atoms with Crippen molar-refractivity contribution >= 4 is 29.3 Å². The number of amidine groups is 1. The lowest BCUT2D eigenvalue weighted by atomic mass is 10.1. The molecule has 0 spiro atoms. The molecule has 0 radical (unpaired) electrons. The first-order chi connectivity index (χ1) is 18.6. The number of hydrazine groups is 1. The minimum absolute atomic E-state index is 0.0985. The van der Waals surface area contributed by atoms with Crippen molar-refractivity contribution in [3.8, 4) is 6.07 Å². The zero-order valence-electron chi connectivity index (χ0n) is 23.8. The number of nitrogens with one attached hydrogen (secondary N) is 3. The number of aliphatic imine (C=N–C) groups is 2. The molecule has 39 heavy (non-hydrogen) atoms. The molecule has 0 aromatic heterocycles. The highest BCUT2D eigenvalue weighted by Gasteiger charge is 2.11. The van der Waals surface area contributed by atoms with E-state index < -0.39 is 0 Å². The molecule has 0 aliphatic carbocycles. The van der Waals surface area contributed by atoms with Gasteiger partial charge in [-0.2, -0.15) is 5.26 Å². The van der Waals surface area contributed by atoms with Gasteiger partial charge in [0.15, 0.2) is 0 Å². The number of nitriles is 1. The molecule has 0 saturated carbocycles. The number of nitrogens with zero attached hydrogens (tertiary/aromatic N) is 3. The summed E-state index contributed by atoms with van der Waals surface area (Å²) in [7, 11) is 0. The van der Waals surface area contributed by atoms with Crippen LogP contribution in [0, 0.1) is 32.1 Å². The quantitative estimate of drug-likeness (QED) is 0.0924. The molecular formula is C30H40N8O. The molecule has 9 heteroatoms. The molecule has 0 atom stereocenters. The van der Waals surface area contributed by atoms with E-state index in [4.69, 9.17) is 11.6 Å². The summed E-state index contributed by atoms with van der Waals surface area (Å²) in [6.45, 7) is 12.2. The van der Waals surface area contributed by atoms with E-state index >= 15 is 0 Å². The summed E-state index contributed by atoms with van der Waals surface area (Å²) >= 11 is 0. The average Bonchev–Trinajstić information content (AvgIpc) is 2.89. The van der Waals surface area contributed by atoms with Crippen LogP contribution in [0.1, 0.15) is 60.7 Å². The van der Waals surface area contributed by atoms with E-state index in [2.05, 4.69) is 38.2 Å². The van der Waals surface area contributed by atoms with E-state index in [0.717, 1.165) is 39.3 Å². The third-order valence-electron chi connectivity index (χ3n) is 6.11. The fraction of sp³-hybridized carbons (Fsp3) is 0.333. The van der Waals surface area contributed by atoms with Crippen molar-refractivity contribution in [3.63, 3.8) is 0 Å². The van der Waals surface area contributed by atoms with Crippen LogP contribution in [0.3, 0.4) is 0 Å². The van der Waals surface area contributed by atoms with Gasteiger partial charge >= 0.3 is 0 Å². The van der Waals surface area contributed by atoms with Gasteiger partial charge in [-0.25, -0.2) is 9.98 Å². The standard InChI is InChI=1S/C30H40N8O/c1-7-23(16-34-22(6)37-26-12-19(3)11-20(4)13-26)27(32)18-35-28(8-2)25(15-31)17-36-30(39)24-9-10-29(38-33)21(5)14-24/h9-14,16,35,38H,7-8,17-18,32-33H2,1-6H3,(H,36,39)/b27-23?,28-25+,34-16?,37-22?. The molecule has 0 aliphatic rings.